The molecule has 0 aromatic heterocycles. The van der Waals surface area contributed by atoms with E-state index in [0.717, 1.165) is 6.42 Å². The van der Waals surface area contributed by atoms with Gasteiger partial charge in [0.15, 0.2) is 0 Å². The van der Waals surface area contributed by atoms with Crippen LogP contribution >= 0.6 is 0 Å². The number of hydrogen-bond donors (Lipinski definition) is 2. The van der Waals surface area contributed by atoms with E-state index in [1.807, 2.05) is 12.2 Å². The first-order valence-corrected chi connectivity index (χ1v) is 6.96. The standard InChI is InChI=1S/C16H17NO4/c1-21-12-6-4-11(5-7-12)17-15(18)13-9-2-3-10(8-9)14(13)16(19)20/h2-7,9-10,13-14H,8H2,1H3,(H,17,18)(H,19,20)/t9?,10?,13-,14+/m1/s1. The quantitative estimate of drug-likeness (QED) is 0.832. The lowest BCUT2D eigenvalue weighted by Gasteiger charge is -2.23. The number of rotatable bonds is 4. The molecule has 0 aliphatic heterocycles. The topological polar surface area (TPSA) is 75.6 Å². The molecule has 2 unspecified atom stereocenters. The second-order valence-electron chi connectivity index (χ2n) is 5.56. The third-order valence-corrected chi connectivity index (χ3v) is 4.40. The summed E-state index contributed by atoms with van der Waals surface area (Å²) in [6, 6.07) is 7.00. The summed E-state index contributed by atoms with van der Waals surface area (Å²) in [7, 11) is 1.58. The van der Waals surface area contributed by atoms with Gasteiger partial charge in [-0.3, -0.25) is 9.59 Å². The fourth-order valence-electron chi connectivity index (χ4n) is 3.42. The third kappa shape index (κ3) is 2.39. The van der Waals surface area contributed by atoms with Crippen molar-refractivity contribution in [1.29, 1.82) is 0 Å². The Bertz CT molecular complexity index is 593. The van der Waals surface area contributed by atoms with Gasteiger partial charge in [0.25, 0.3) is 0 Å². The van der Waals surface area contributed by atoms with Gasteiger partial charge in [-0.25, -0.2) is 0 Å². The van der Waals surface area contributed by atoms with Crippen molar-refractivity contribution in [2.45, 2.75) is 6.42 Å². The number of allylic oxidation sites excluding steroid dienone is 2. The van der Waals surface area contributed by atoms with Crippen LogP contribution < -0.4 is 10.1 Å². The number of anilines is 1. The second kappa shape index (κ2) is 5.24. The summed E-state index contributed by atoms with van der Waals surface area (Å²) in [5.41, 5.74) is 0.650. The second-order valence-corrected chi connectivity index (χ2v) is 5.56. The van der Waals surface area contributed by atoms with Crippen LogP contribution in [0.3, 0.4) is 0 Å². The van der Waals surface area contributed by atoms with Gasteiger partial charge in [0, 0.05) is 5.69 Å². The van der Waals surface area contributed by atoms with E-state index in [1.54, 1.807) is 31.4 Å². The molecule has 5 heteroatoms. The Balaban J connectivity index is 1.75. The van der Waals surface area contributed by atoms with E-state index >= 15 is 0 Å². The summed E-state index contributed by atoms with van der Waals surface area (Å²) >= 11 is 0. The maximum Gasteiger partial charge on any atom is 0.307 e. The first kappa shape index (κ1) is 13.7. The molecule has 110 valence electrons. The Morgan fingerprint density at radius 1 is 1.14 bits per heavy atom. The normalized spacial score (nSPS) is 29.4. The maximum absolute atomic E-state index is 12.4. The number of carboxylic acid groups (broad SMARTS) is 1. The van der Waals surface area contributed by atoms with Crippen molar-refractivity contribution in [3.8, 4) is 5.75 Å². The molecule has 0 spiro atoms. The number of carboxylic acids is 1. The van der Waals surface area contributed by atoms with Crippen LogP contribution in [0, 0.1) is 23.7 Å². The lowest BCUT2D eigenvalue weighted by Crippen LogP contribution is -2.36. The fourth-order valence-corrected chi connectivity index (χ4v) is 3.42. The van der Waals surface area contributed by atoms with Crippen molar-refractivity contribution in [2.75, 3.05) is 12.4 Å². The van der Waals surface area contributed by atoms with Crippen LogP contribution in [0.1, 0.15) is 6.42 Å². The maximum atomic E-state index is 12.4. The highest BCUT2D eigenvalue weighted by atomic mass is 16.5. The molecule has 1 fully saturated rings. The molecular formula is C16H17NO4. The SMILES string of the molecule is COc1ccc(NC(=O)[C@@H]2C3C=CC(C3)[C@@H]2C(=O)O)cc1. The molecule has 5 nitrogen and oxygen atoms in total. The van der Waals surface area contributed by atoms with Crippen LogP contribution in [0.25, 0.3) is 0 Å². The minimum Gasteiger partial charge on any atom is -0.497 e. The highest BCUT2D eigenvalue weighted by Crippen LogP contribution is 2.48. The molecule has 1 amide bonds. The largest absolute Gasteiger partial charge is 0.497 e. The van der Waals surface area contributed by atoms with Crippen LogP contribution in [-0.4, -0.2) is 24.1 Å². The highest BCUT2D eigenvalue weighted by molar-refractivity contribution is 5.96. The summed E-state index contributed by atoms with van der Waals surface area (Å²) < 4.78 is 5.06. The zero-order valence-electron chi connectivity index (χ0n) is 11.7. The lowest BCUT2D eigenvalue weighted by atomic mass is 9.82. The molecular weight excluding hydrogens is 270 g/mol. The molecule has 0 saturated heterocycles. The minimum atomic E-state index is -0.887. The van der Waals surface area contributed by atoms with Crippen LogP contribution in [0.5, 0.6) is 5.75 Å². The Morgan fingerprint density at radius 2 is 1.76 bits per heavy atom. The first-order chi connectivity index (χ1) is 10.1. The molecule has 1 aromatic rings. The first-order valence-electron chi connectivity index (χ1n) is 6.96. The van der Waals surface area contributed by atoms with Gasteiger partial charge in [0.05, 0.1) is 18.9 Å². The zero-order chi connectivity index (χ0) is 15.0. The van der Waals surface area contributed by atoms with Crippen LogP contribution in [0.4, 0.5) is 5.69 Å². The van der Waals surface area contributed by atoms with E-state index in [4.69, 9.17) is 4.74 Å². The van der Waals surface area contributed by atoms with Crippen LogP contribution in [0.2, 0.25) is 0 Å². The number of nitrogens with one attached hydrogen (secondary N) is 1. The van der Waals surface area contributed by atoms with E-state index in [2.05, 4.69) is 5.32 Å². The van der Waals surface area contributed by atoms with Crippen molar-refractivity contribution in [1.82, 2.24) is 0 Å². The molecule has 2 aliphatic rings. The molecule has 2 N–H and O–H groups in total. The van der Waals surface area contributed by atoms with E-state index in [9.17, 15) is 14.7 Å². The van der Waals surface area contributed by atoms with Crippen molar-refractivity contribution < 1.29 is 19.4 Å². The number of methoxy groups -OCH3 is 1. The fraction of sp³-hybridized carbons (Fsp3) is 0.375. The Kier molecular flexibility index (Phi) is 3.41. The minimum absolute atomic E-state index is 0.0147. The van der Waals surface area contributed by atoms with Crippen LogP contribution in [0.15, 0.2) is 36.4 Å². The van der Waals surface area contributed by atoms with Crippen molar-refractivity contribution in [2.24, 2.45) is 23.7 Å². The molecule has 4 atom stereocenters. The Hall–Kier alpha value is -2.30. The van der Waals surface area contributed by atoms with Gasteiger partial charge in [-0.2, -0.15) is 0 Å². The van der Waals surface area contributed by atoms with Crippen molar-refractivity contribution in [3.63, 3.8) is 0 Å². The monoisotopic (exact) mass is 287 g/mol. The van der Waals surface area contributed by atoms with Gasteiger partial charge in [0.1, 0.15) is 5.75 Å². The zero-order valence-corrected chi connectivity index (χ0v) is 11.7. The number of hydrogen-bond acceptors (Lipinski definition) is 3. The number of amides is 1. The van der Waals surface area contributed by atoms with Gasteiger partial charge in [-0.05, 0) is 42.5 Å². The van der Waals surface area contributed by atoms with E-state index in [0.29, 0.717) is 11.4 Å². The Labute approximate surface area is 122 Å². The molecule has 2 aliphatic carbocycles. The van der Waals surface area contributed by atoms with E-state index in [1.165, 1.54) is 0 Å². The molecule has 1 aromatic carbocycles. The molecule has 3 rings (SSSR count). The number of benzene rings is 1. The molecule has 0 radical (unpaired) electrons. The summed E-state index contributed by atoms with van der Waals surface area (Å²) in [5.74, 6) is -1.48. The molecule has 1 saturated carbocycles. The predicted molar refractivity (Wildman–Crippen MR) is 77.0 cm³/mol. The highest BCUT2D eigenvalue weighted by Gasteiger charge is 2.51. The Morgan fingerprint density at radius 3 is 2.33 bits per heavy atom. The van der Waals surface area contributed by atoms with Crippen molar-refractivity contribution in [3.05, 3.63) is 36.4 Å². The summed E-state index contributed by atoms with van der Waals surface area (Å²) in [6.45, 7) is 0. The van der Waals surface area contributed by atoms with Crippen LogP contribution in [-0.2, 0) is 9.59 Å². The number of carbonyl (C=O) groups is 2. The van der Waals surface area contributed by atoms with Gasteiger partial charge in [0.2, 0.25) is 5.91 Å². The average Bonchev–Trinajstić information content (AvgIpc) is 3.08. The number of aliphatic carboxylic acids is 1. The third-order valence-electron chi connectivity index (χ3n) is 4.40. The van der Waals surface area contributed by atoms with Gasteiger partial charge < -0.3 is 15.2 Å². The van der Waals surface area contributed by atoms with E-state index < -0.39 is 17.8 Å². The molecule has 21 heavy (non-hydrogen) atoms. The smallest absolute Gasteiger partial charge is 0.307 e. The van der Waals surface area contributed by atoms with Gasteiger partial charge in [-0.15, -0.1) is 0 Å². The predicted octanol–water partition coefficient (Wildman–Crippen LogP) is 2.16. The summed E-state index contributed by atoms with van der Waals surface area (Å²) in [5, 5.41) is 12.2. The van der Waals surface area contributed by atoms with E-state index in [-0.39, 0.29) is 17.7 Å². The number of carbonyl (C=O) groups excluding carboxylic acids is 1. The molecule has 0 heterocycles. The molecule has 2 bridgehead atoms. The van der Waals surface area contributed by atoms with Gasteiger partial charge in [-0.1, -0.05) is 12.2 Å². The van der Waals surface area contributed by atoms with Crippen molar-refractivity contribution >= 4 is 17.6 Å². The number of ether oxygens (including phenoxy) is 1. The lowest BCUT2D eigenvalue weighted by molar-refractivity contribution is -0.146. The van der Waals surface area contributed by atoms with Gasteiger partial charge >= 0.3 is 5.97 Å². The number of fused-ring (bicyclic) bond motifs is 2. The summed E-state index contributed by atoms with van der Waals surface area (Å²) in [4.78, 5) is 23.8. The summed E-state index contributed by atoms with van der Waals surface area (Å²) in [6.07, 6.45) is 4.67. The average molecular weight is 287 g/mol.